The molecule has 0 aromatic rings. The van der Waals surface area contributed by atoms with Crippen molar-refractivity contribution >= 4 is 5.97 Å². The number of hydrogen-bond donors (Lipinski definition) is 1. The van der Waals surface area contributed by atoms with Crippen molar-refractivity contribution in [2.45, 2.75) is 70.8 Å². The summed E-state index contributed by atoms with van der Waals surface area (Å²) < 4.78 is 0. The standard InChI is InChI=1S/C16H29NO2/c1-13-4-2-6-15(9-7-13)17-11-3-5-14(12-17)8-10-16(18)19/h13-15H,2-12H2,1H3,(H,18,19). The van der Waals surface area contributed by atoms with Crippen molar-refractivity contribution in [1.29, 1.82) is 0 Å². The van der Waals surface area contributed by atoms with Gasteiger partial charge >= 0.3 is 5.97 Å². The van der Waals surface area contributed by atoms with Crippen LogP contribution in [0.25, 0.3) is 0 Å². The molecule has 110 valence electrons. The monoisotopic (exact) mass is 267 g/mol. The number of carboxylic acid groups (broad SMARTS) is 1. The Labute approximate surface area is 117 Å². The van der Waals surface area contributed by atoms with E-state index in [-0.39, 0.29) is 0 Å². The molecule has 1 aliphatic carbocycles. The first-order valence-corrected chi connectivity index (χ1v) is 8.11. The van der Waals surface area contributed by atoms with Crippen LogP contribution < -0.4 is 0 Å². The summed E-state index contributed by atoms with van der Waals surface area (Å²) in [4.78, 5) is 13.4. The third-order valence-electron chi connectivity index (χ3n) is 5.06. The van der Waals surface area contributed by atoms with Crippen molar-refractivity contribution in [1.82, 2.24) is 4.90 Å². The maximum Gasteiger partial charge on any atom is 0.303 e. The largest absolute Gasteiger partial charge is 0.481 e. The highest BCUT2D eigenvalue weighted by Gasteiger charge is 2.27. The van der Waals surface area contributed by atoms with Crippen molar-refractivity contribution < 1.29 is 9.90 Å². The number of likely N-dealkylation sites (tertiary alicyclic amines) is 1. The maximum atomic E-state index is 10.7. The van der Waals surface area contributed by atoms with Crippen molar-refractivity contribution in [3.05, 3.63) is 0 Å². The number of aliphatic carboxylic acids is 1. The zero-order chi connectivity index (χ0) is 13.7. The Hall–Kier alpha value is -0.570. The molecule has 1 aliphatic heterocycles. The average Bonchev–Trinajstić information content (AvgIpc) is 2.62. The molecule has 3 nitrogen and oxygen atoms in total. The fraction of sp³-hybridized carbons (Fsp3) is 0.938. The van der Waals surface area contributed by atoms with E-state index in [2.05, 4.69) is 11.8 Å². The van der Waals surface area contributed by atoms with Crippen LogP contribution in [0.3, 0.4) is 0 Å². The molecule has 19 heavy (non-hydrogen) atoms. The van der Waals surface area contributed by atoms with Crippen LogP contribution in [-0.2, 0) is 4.79 Å². The lowest BCUT2D eigenvalue weighted by molar-refractivity contribution is -0.137. The maximum absolute atomic E-state index is 10.7. The minimum atomic E-state index is -0.639. The van der Waals surface area contributed by atoms with E-state index < -0.39 is 5.97 Å². The summed E-state index contributed by atoms with van der Waals surface area (Å²) in [7, 11) is 0. The lowest BCUT2D eigenvalue weighted by Gasteiger charge is -2.38. The first kappa shape index (κ1) is 14.8. The number of hydrogen-bond acceptors (Lipinski definition) is 2. The molecule has 0 radical (unpaired) electrons. The minimum Gasteiger partial charge on any atom is -0.481 e. The molecule has 1 saturated carbocycles. The van der Waals surface area contributed by atoms with Gasteiger partial charge in [-0.2, -0.15) is 0 Å². The zero-order valence-electron chi connectivity index (χ0n) is 12.3. The van der Waals surface area contributed by atoms with Gasteiger partial charge in [0.1, 0.15) is 0 Å². The summed E-state index contributed by atoms with van der Waals surface area (Å²) in [5.74, 6) is 0.878. The predicted octanol–water partition coefficient (Wildman–Crippen LogP) is 3.53. The quantitative estimate of drug-likeness (QED) is 0.792. The van der Waals surface area contributed by atoms with Gasteiger partial charge in [-0.05, 0) is 56.9 Å². The Balaban J connectivity index is 1.80. The Morgan fingerprint density at radius 1 is 1.16 bits per heavy atom. The number of rotatable bonds is 4. The van der Waals surface area contributed by atoms with E-state index in [1.807, 2.05) is 0 Å². The first-order valence-electron chi connectivity index (χ1n) is 8.11. The van der Waals surface area contributed by atoms with E-state index in [4.69, 9.17) is 5.11 Å². The minimum absolute atomic E-state index is 0.347. The van der Waals surface area contributed by atoms with Gasteiger partial charge in [0.05, 0.1) is 0 Å². The summed E-state index contributed by atoms with van der Waals surface area (Å²) in [6.07, 6.45) is 10.6. The molecule has 0 aromatic heterocycles. The highest BCUT2D eigenvalue weighted by molar-refractivity contribution is 5.66. The molecule has 3 heteroatoms. The summed E-state index contributed by atoms with van der Waals surface area (Å²) >= 11 is 0. The predicted molar refractivity (Wildman–Crippen MR) is 77.2 cm³/mol. The molecule has 3 atom stereocenters. The van der Waals surface area contributed by atoms with Gasteiger partial charge in [-0.25, -0.2) is 0 Å². The Morgan fingerprint density at radius 3 is 2.79 bits per heavy atom. The van der Waals surface area contributed by atoms with Gasteiger partial charge in [0.15, 0.2) is 0 Å². The fourth-order valence-electron chi connectivity index (χ4n) is 3.82. The first-order chi connectivity index (χ1) is 9.15. The van der Waals surface area contributed by atoms with Crippen LogP contribution in [-0.4, -0.2) is 35.1 Å². The normalized spacial score (nSPS) is 33.8. The second kappa shape index (κ2) is 7.28. The van der Waals surface area contributed by atoms with Gasteiger partial charge < -0.3 is 10.0 Å². The molecule has 2 fully saturated rings. The van der Waals surface area contributed by atoms with Gasteiger partial charge in [0.25, 0.3) is 0 Å². The van der Waals surface area contributed by atoms with Crippen molar-refractivity contribution in [3.63, 3.8) is 0 Å². The van der Waals surface area contributed by atoms with Gasteiger partial charge in [-0.15, -0.1) is 0 Å². The lowest BCUT2D eigenvalue weighted by Crippen LogP contribution is -2.42. The van der Waals surface area contributed by atoms with Gasteiger partial charge in [-0.3, -0.25) is 4.79 Å². The van der Waals surface area contributed by atoms with Gasteiger partial charge in [0, 0.05) is 19.0 Å². The number of piperidine rings is 1. The second-order valence-corrected chi connectivity index (χ2v) is 6.70. The van der Waals surface area contributed by atoms with E-state index in [1.54, 1.807) is 0 Å². The molecule has 1 saturated heterocycles. The number of carboxylic acids is 1. The SMILES string of the molecule is CC1CCCC(N2CCCC(CCC(=O)O)C2)CC1. The average molecular weight is 267 g/mol. The summed E-state index contributed by atoms with van der Waals surface area (Å²) in [6, 6.07) is 0.776. The molecular weight excluding hydrogens is 238 g/mol. The van der Waals surface area contributed by atoms with E-state index in [0.717, 1.165) is 24.9 Å². The molecular formula is C16H29NO2. The molecule has 2 rings (SSSR count). The highest BCUT2D eigenvalue weighted by Crippen LogP contribution is 2.30. The summed E-state index contributed by atoms with van der Waals surface area (Å²) in [5.41, 5.74) is 0. The van der Waals surface area contributed by atoms with E-state index in [0.29, 0.717) is 12.3 Å². The van der Waals surface area contributed by atoms with E-state index in [1.165, 1.54) is 51.5 Å². The van der Waals surface area contributed by atoms with Crippen LogP contribution >= 0.6 is 0 Å². The summed E-state index contributed by atoms with van der Waals surface area (Å²) in [6.45, 7) is 4.77. The Bertz CT molecular complexity index is 292. The van der Waals surface area contributed by atoms with Crippen LogP contribution in [0.1, 0.15) is 64.7 Å². The molecule has 1 heterocycles. The second-order valence-electron chi connectivity index (χ2n) is 6.70. The number of nitrogens with zero attached hydrogens (tertiary/aromatic N) is 1. The van der Waals surface area contributed by atoms with Crippen LogP contribution in [0.2, 0.25) is 0 Å². The smallest absolute Gasteiger partial charge is 0.303 e. The zero-order valence-corrected chi connectivity index (χ0v) is 12.3. The molecule has 3 unspecified atom stereocenters. The van der Waals surface area contributed by atoms with E-state index in [9.17, 15) is 4.79 Å². The van der Waals surface area contributed by atoms with Crippen LogP contribution in [0.5, 0.6) is 0 Å². The molecule has 2 aliphatic rings. The third kappa shape index (κ3) is 4.79. The van der Waals surface area contributed by atoms with Gasteiger partial charge in [0.2, 0.25) is 0 Å². The lowest BCUT2D eigenvalue weighted by atomic mass is 9.91. The van der Waals surface area contributed by atoms with Crippen molar-refractivity contribution in [2.75, 3.05) is 13.1 Å². The highest BCUT2D eigenvalue weighted by atomic mass is 16.4. The van der Waals surface area contributed by atoms with Crippen molar-refractivity contribution in [3.8, 4) is 0 Å². The molecule has 0 aromatic carbocycles. The van der Waals surface area contributed by atoms with Crippen LogP contribution in [0.4, 0.5) is 0 Å². The van der Waals surface area contributed by atoms with Crippen molar-refractivity contribution in [2.24, 2.45) is 11.8 Å². The topological polar surface area (TPSA) is 40.5 Å². The molecule has 0 bridgehead atoms. The van der Waals surface area contributed by atoms with Gasteiger partial charge in [-0.1, -0.05) is 19.8 Å². The molecule has 0 amide bonds. The van der Waals surface area contributed by atoms with Crippen LogP contribution in [0, 0.1) is 11.8 Å². The molecule has 0 spiro atoms. The Kier molecular flexibility index (Phi) is 5.68. The fourth-order valence-corrected chi connectivity index (χ4v) is 3.82. The van der Waals surface area contributed by atoms with E-state index >= 15 is 0 Å². The third-order valence-corrected chi connectivity index (χ3v) is 5.06. The summed E-state index contributed by atoms with van der Waals surface area (Å²) in [5, 5.41) is 8.81. The Morgan fingerprint density at radius 2 is 2.00 bits per heavy atom. The molecule has 1 N–H and O–H groups in total. The van der Waals surface area contributed by atoms with Crippen LogP contribution in [0.15, 0.2) is 0 Å². The number of carbonyl (C=O) groups is 1.